The molecule has 2 unspecified atom stereocenters. The highest BCUT2D eigenvalue weighted by molar-refractivity contribution is 14.1. The molecule has 0 bridgehead atoms. The van der Waals surface area contributed by atoms with Gasteiger partial charge in [0.1, 0.15) is 53.7 Å². The molecule has 3 aliphatic rings. The van der Waals surface area contributed by atoms with Crippen LogP contribution in [0, 0.1) is 34.9 Å². The van der Waals surface area contributed by atoms with Gasteiger partial charge in [0.05, 0.1) is 34.9 Å². The van der Waals surface area contributed by atoms with Crippen molar-refractivity contribution in [1.29, 1.82) is 0 Å². The van der Waals surface area contributed by atoms with Crippen molar-refractivity contribution in [2.75, 3.05) is 48.0 Å². The topological polar surface area (TPSA) is 176 Å². The molecule has 2 fully saturated rings. The van der Waals surface area contributed by atoms with Crippen LogP contribution in [0.5, 0.6) is 0 Å². The number of hydrogen-bond acceptors (Lipinski definition) is 9. The molecule has 5 N–H and O–H groups in total. The number of hydrogen-bond donors (Lipinski definition) is 3. The van der Waals surface area contributed by atoms with Gasteiger partial charge in [0.25, 0.3) is 11.8 Å². The number of nitrogens with two attached hydrogens (primary N) is 2. The van der Waals surface area contributed by atoms with Gasteiger partial charge in [-0.25, -0.2) is 35.7 Å². The maximum Gasteiger partial charge on any atom is 0.250 e. The van der Waals surface area contributed by atoms with Gasteiger partial charge in [-0.1, -0.05) is 54.5 Å². The van der Waals surface area contributed by atoms with Crippen molar-refractivity contribution in [1.82, 2.24) is 29.4 Å². The summed E-state index contributed by atoms with van der Waals surface area (Å²) in [4.78, 5) is 40.6. The molecule has 2 saturated heterocycles. The Labute approximate surface area is 474 Å². The molecule has 0 saturated carbocycles. The monoisotopic (exact) mass is 1310 g/mol. The Bertz CT molecular complexity index is 3580. The third-order valence-corrected chi connectivity index (χ3v) is 14.0. The number of nitrogens with zero attached hydrogens (tertiary/aromatic N) is 6. The number of carbonyl (C=O) groups excluding carboxylic acids is 3. The Morgan fingerprint density at radius 2 is 1.08 bits per heavy atom. The van der Waals surface area contributed by atoms with Crippen molar-refractivity contribution >= 4 is 89.2 Å². The van der Waals surface area contributed by atoms with Gasteiger partial charge in [0.15, 0.2) is 18.3 Å². The summed E-state index contributed by atoms with van der Waals surface area (Å²) >= 11 is 8.77. The summed E-state index contributed by atoms with van der Waals surface area (Å²) in [6.07, 6.45) is 1.24. The molecule has 6 aromatic carbocycles. The van der Waals surface area contributed by atoms with E-state index in [1.807, 2.05) is 71.1 Å². The van der Waals surface area contributed by atoms with Crippen LogP contribution in [0.2, 0.25) is 0 Å². The van der Waals surface area contributed by atoms with Gasteiger partial charge >= 0.3 is 0 Å². The summed E-state index contributed by atoms with van der Waals surface area (Å²) in [5, 5.41) is 11.8. The zero-order chi connectivity index (χ0) is 56.2. The van der Waals surface area contributed by atoms with Gasteiger partial charge in [-0.15, -0.1) is 0 Å². The van der Waals surface area contributed by atoms with Crippen LogP contribution in [0.15, 0.2) is 131 Å². The lowest BCUT2D eigenvalue weighted by Crippen LogP contribution is -2.31. The van der Waals surface area contributed by atoms with Crippen LogP contribution in [0.3, 0.4) is 0 Å². The van der Waals surface area contributed by atoms with E-state index in [2.05, 4.69) is 37.2 Å². The molecular formula is C55H44Br2F6IN9O5. The van der Waals surface area contributed by atoms with E-state index in [1.165, 1.54) is 34.1 Å². The number of amides is 3. The molecular weight excluding hydrogens is 1270 g/mol. The maximum atomic E-state index is 15.1. The first kappa shape index (κ1) is 54.3. The van der Waals surface area contributed by atoms with Crippen molar-refractivity contribution in [3.05, 3.63) is 193 Å². The first-order valence-electron chi connectivity index (χ1n) is 24.3. The van der Waals surface area contributed by atoms with Crippen LogP contribution in [0.4, 0.5) is 43.4 Å². The SMILES string of the molecule is Nc1cc(F)c(CCN2C(=O)COC2c2cn(-c3ccc(Br)cc3)nc2-c2ccc(F)cc2)c(F)c1N.O=C1Cc2c(cc(F)c(CCN3C(=O)COC3c3cn(-c4ccc(Br)cc4)nc3-c3ccc(F)cc3)c2F)N1.[2H]CI. The quantitative estimate of drug-likeness (QED) is 0.0465. The Kier molecular flexibility index (Phi) is 16.6. The Morgan fingerprint density at radius 3 is 1.53 bits per heavy atom. The zero-order valence-corrected chi connectivity index (χ0v) is 46.0. The van der Waals surface area contributed by atoms with E-state index < -0.39 is 53.3 Å². The van der Waals surface area contributed by atoms with Crippen LogP contribution < -0.4 is 16.8 Å². The van der Waals surface area contributed by atoms with Crippen molar-refractivity contribution in [3.63, 3.8) is 0 Å². The fraction of sp³-hybridized carbons (Fsp3) is 0.182. The average molecular weight is 1310 g/mol. The molecule has 11 rings (SSSR count). The molecule has 402 valence electrons. The predicted molar refractivity (Wildman–Crippen MR) is 295 cm³/mol. The van der Waals surface area contributed by atoms with E-state index in [1.54, 1.807) is 46.0 Å². The molecule has 3 aliphatic heterocycles. The number of nitrogens with one attached hydrogen (secondary N) is 1. The van der Waals surface area contributed by atoms with Gasteiger partial charge in [0.2, 0.25) is 5.91 Å². The van der Waals surface area contributed by atoms with Gasteiger partial charge in [-0.2, -0.15) is 10.2 Å². The molecule has 5 heterocycles. The minimum absolute atomic E-state index is 0.0379. The minimum Gasteiger partial charge on any atom is -0.397 e. The molecule has 0 aliphatic carbocycles. The average Bonchev–Trinajstić information content (AvgIpc) is 4.50. The van der Waals surface area contributed by atoms with E-state index in [4.69, 9.17) is 32.5 Å². The van der Waals surface area contributed by atoms with E-state index in [0.29, 0.717) is 38.5 Å². The largest absolute Gasteiger partial charge is 0.397 e. The van der Waals surface area contributed by atoms with Gasteiger partial charge in [-0.3, -0.25) is 14.4 Å². The summed E-state index contributed by atoms with van der Waals surface area (Å²) in [5.74, 6) is -5.29. The first-order valence-corrected chi connectivity index (χ1v) is 26.8. The minimum atomic E-state index is -0.948. The molecule has 8 aromatic rings. The van der Waals surface area contributed by atoms with E-state index >= 15 is 4.39 Å². The molecule has 2 atom stereocenters. The van der Waals surface area contributed by atoms with Gasteiger partial charge < -0.3 is 36.1 Å². The van der Waals surface area contributed by atoms with Crippen LogP contribution in [0.25, 0.3) is 33.9 Å². The number of aromatic nitrogens is 4. The molecule has 14 nitrogen and oxygen atoms in total. The zero-order valence-electron chi connectivity index (χ0n) is 41.6. The Morgan fingerprint density at radius 1 is 0.654 bits per heavy atom. The van der Waals surface area contributed by atoms with E-state index in [9.17, 15) is 36.3 Å². The van der Waals surface area contributed by atoms with Crippen LogP contribution >= 0.6 is 54.5 Å². The molecule has 0 spiro atoms. The smallest absolute Gasteiger partial charge is 0.250 e. The van der Waals surface area contributed by atoms with Gasteiger partial charge in [0, 0.05) is 74.7 Å². The van der Waals surface area contributed by atoms with Crippen molar-refractivity contribution in [2.45, 2.75) is 31.7 Å². The highest BCUT2D eigenvalue weighted by Gasteiger charge is 2.38. The standard InChI is InChI=1S/C28H20BrF3N4O3.C26H21BrF3N5O2.CH3I/c29-16-3-7-18(8-4-16)36-13-21(27(34-36)15-1-5-17(30)6-2-15)28-35(25(38)14-39-28)10-9-19-22(31)12-23-20(26(19)32)11-24(37)33-23;27-15-3-7-17(8-4-15)35-12-19(25(33-35)14-1-5-16(28)6-2-14)26-34(22(36)13-37-26)10-9-18-20(29)11-21(31)24(32)23(18)30;1-2/h1-8,12-13,28H,9-11,14H2,(H,33,37);1-8,11-12,26H,9-10,13,31-32H2;1H3/i;;1D. The fourth-order valence-electron chi connectivity index (χ4n) is 9.12. The lowest BCUT2D eigenvalue weighted by atomic mass is 10.0. The number of rotatable bonds is 12. The second-order valence-electron chi connectivity index (χ2n) is 17.8. The van der Waals surface area contributed by atoms with E-state index in [-0.39, 0.29) is 91.1 Å². The number of alkyl halides is 1. The lowest BCUT2D eigenvalue weighted by Gasteiger charge is -2.23. The molecule has 78 heavy (non-hydrogen) atoms. The summed E-state index contributed by atoms with van der Waals surface area (Å²) < 4.78 is 109. The lowest BCUT2D eigenvalue weighted by molar-refractivity contribution is -0.128. The number of halogens is 9. The predicted octanol–water partition coefficient (Wildman–Crippen LogP) is 11.3. The Balaban J connectivity index is 0.000000183. The number of ether oxygens (including phenoxy) is 2. The van der Waals surface area contributed by atoms with Crippen LogP contribution in [-0.4, -0.2) is 78.3 Å². The summed E-state index contributed by atoms with van der Waals surface area (Å²) in [6, 6.07) is 28.5. The molecule has 3 amide bonds. The number of benzene rings is 6. The number of fused-ring (bicyclic) bond motifs is 1. The first-order chi connectivity index (χ1) is 37.9. The fourth-order valence-corrected chi connectivity index (χ4v) is 9.65. The maximum absolute atomic E-state index is 15.1. The second kappa shape index (κ2) is 23.9. The highest BCUT2D eigenvalue weighted by Crippen LogP contribution is 2.39. The molecule has 23 heteroatoms. The number of nitrogen functional groups attached to an aromatic ring is 2. The Hall–Kier alpha value is -7.06. The summed E-state index contributed by atoms with van der Waals surface area (Å²) in [7, 11) is 0. The summed E-state index contributed by atoms with van der Waals surface area (Å²) in [6.45, 7) is -0.521. The van der Waals surface area contributed by atoms with Crippen molar-refractivity contribution in [3.8, 4) is 33.9 Å². The van der Waals surface area contributed by atoms with Crippen LogP contribution in [-0.2, 0) is 43.1 Å². The number of anilines is 3. The normalized spacial score (nSPS) is 15.9. The molecule has 2 aromatic heterocycles. The number of carbonyl (C=O) groups is 3. The van der Waals surface area contributed by atoms with Crippen molar-refractivity contribution < 1.29 is 51.6 Å². The van der Waals surface area contributed by atoms with E-state index in [0.717, 1.165) is 32.5 Å². The summed E-state index contributed by atoms with van der Waals surface area (Å²) in [5.41, 5.74) is 15.2. The highest BCUT2D eigenvalue weighted by atomic mass is 127. The molecule has 0 radical (unpaired) electrons. The van der Waals surface area contributed by atoms with Crippen molar-refractivity contribution in [2.24, 2.45) is 0 Å². The van der Waals surface area contributed by atoms with Gasteiger partial charge in [-0.05, 0) is 127 Å². The van der Waals surface area contributed by atoms with Crippen LogP contribution in [0.1, 0.15) is 41.6 Å². The third-order valence-electron chi connectivity index (χ3n) is 13.0. The third kappa shape index (κ3) is 11.7. The second-order valence-corrected chi connectivity index (χ2v) is 19.6.